The predicted octanol–water partition coefficient (Wildman–Crippen LogP) is 6.84. The van der Waals surface area contributed by atoms with Crippen molar-refractivity contribution in [1.29, 1.82) is 0 Å². The van der Waals surface area contributed by atoms with Gasteiger partial charge in [-0.1, -0.05) is 72.4 Å². The van der Waals surface area contributed by atoms with Crippen LogP contribution >= 0.6 is 0 Å². The summed E-state index contributed by atoms with van der Waals surface area (Å²) in [6.45, 7) is 22.5. The van der Waals surface area contributed by atoms with Crippen molar-refractivity contribution in [2.45, 2.75) is 60.4 Å². The lowest BCUT2D eigenvalue weighted by atomic mass is 9.95. The maximum Gasteiger partial charge on any atom is 0.138 e. The molecule has 0 spiro atoms. The first-order chi connectivity index (χ1) is 17.3. The summed E-state index contributed by atoms with van der Waals surface area (Å²) >= 11 is 0. The fraction of sp³-hybridized carbons (Fsp3) is 0.500. The Kier molecular flexibility index (Phi) is 13.9. The fourth-order valence-corrected chi connectivity index (χ4v) is 3.53. The predicted molar refractivity (Wildman–Crippen MR) is 152 cm³/mol. The first-order valence-corrected chi connectivity index (χ1v) is 12.9. The number of hydrogen-bond donors (Lipinski definition) is 1. The summed E-state index contributed by atoms with van der Waals surface area (Å²) < 4.78 is 16.9. The first kappa shape index (κ1) is 31.2. The molecule has 1 unspecified atom stereocenters. The summed E-state index contributed by atoms with van der Waals surface area (Å²) in [5.41, 5.74) is 9.33. The van der Waals surface area contributed by atoms with Crippen molar-refractivity contribution in [2.75, 3.05) is 33.5 Å². The second kappa shape index (κ2) is 16.0. The molecule has 0 saturated carbocycles. The zero-order chi connectivity index (χ0) is 27.1. The summed E-state index contributed by atoms with van der Waals surface area (Å²) in [6.07, 6.45) is 11.9. The molecule has 1 aromatic heterocycles. The van der Waals surface area contributed by atoms with Crippen LogP contribution in [0.1, 0.15) is 77.4 Å². The molecule has 6 nitrogen and oxygen atoms in total. The zero-order valence-electron chi connectivity index (χ0n) is 23.5. The molecule has 200 valence electrons. The van der Waals surface area contributed by atoms with Gasteiger partial charge in [-0.3, -0.25) is 0 Å². The number of aromatic nitrogens is 1. The number of methoxy groups -OCH3 is 1. The standard InChI is InChI=1S/C28H41N3O3.C2H6/c1-8-11-26(31-15-14-24(18-23(31)10-3)33-17-16-32-7)25-13-12-22(9-2)27(30-25)21(4)34-20-28(5,6)19-29;1-2/h9-10,12-15,18,26H,2,4,8,11,16-17,19-20,29H2,1,3,5-7H3;1-2H3/b23-10-;. The quantitative estimate of drug-likeness (QED) is 0.224. The van der Waals surface area contributed by atoms with E-state index in [9.17, 15) is 0 Å². The second-order valence-corrected chi connectivity index (χ2v) is 9.09. The highest BCUT2D eigenvalue weighted by atomic mass is 16.5. The van der Waals surface area contributed by atoms with E-state index in [-0.39, 0.29) is 11.5 Å². The highest BCUT2D eigenvalue weighted by Gasteiger charge is 2.25. The van der Waals surface area contributed by atoms with Crippen molar-refractivity contribution in [3.05, 3.63) is 78.1 Å². The Bertz CT molecular complexity index is 931. The molecule has 0 fully saturated rings. The Morgan fingerprint density at radius 1 is 1.25 bits per heavy atom. The third kappa shape index (κ3) is 8.99. The number of ether oxygens (including phenoxy) is 3. The van der Waals surface area contributed by atoms with Gasteiger partial charge in [-0.2, -0.15) is 0 Å². The molecule has 0 aromatic carbocycles. The summed E-state index contributed by atoms with van der Waals surface area (Å²) in [7, 11) is 1.67. The molecule has 0 bridgehead atoms. The van der Waals surface area contributed by atoms with E-state index in [1.165, 1.54) is 0 Å². The van der Waals surface area contributed by atoms with Crippen molar-refractivity contribution < 1.29 is 14.2 Å². The summed E-state index contributed by atoms with van der Waals surface area (Å²) in [5.74, 6) is 1.35. The van der Waals surface area contributed by atoms with Crippen LogP contribution in [0.25, 0.3) is 11.8 Å². The third-order valence-corrected chi connectivity index (χ3v) is 5.70. The van der Waals surface area contributed by atoms with Crippen LogP contribution in [-0.2, 0) is 14.2 Å². The van der Waals surface area contributed by atoms with E-state index >= 15 is 0 Å². The highest BCUT2D eigenvalue weighted by molar-refractivity contribution is 5.66. The van der Waals surface area contributed by atoms with E-state index in [1.807, 2.05) is 39.0 Å². The Labute approximate surface area is 219 Å². The molecule has 6 heteroatoms. The van der Waals surface area contributed by atoms with Crippen LogP contribution in [0.4, 0.5) is 0 Å². The molecule has 1 atom stereocenters. The van der Waals surface area contributed by atoms with Crippen molar-refractivity contribution in [1.82, 2.24) is 9.88 Å². The number of pyridine rings is 1. The van der Waals surface area contributed by atoms with E-state index in [0.717, 1.165) is 35.6 Å². The van der Waals surface area contributed by atoms with E-state index < -0.39 is 0 Å². The van der Waals surface area contributed by atoms with Crippen LogP contribution in [0.5, 0.6) is 0 Å². The van der Waals surface area contributed by atoms with Gasteiger partial charge in [0.15, 0.2) is 0 Å². The topological polar surface area (TPSA) is 69.8 Å². The molecule has 2 rings (SSSR count). The number of nitrogens with zero attached hydrogens (tertiary/aromatic N) is 2. The molecular weight excluding hydrogens is 450 g/mol. The molecule has 1 aliphatic rings. The monoisotopic (exact) mass is 497 g/mol. The molecule has 0 amide bonds. The normalized spacial score (nSPS) is 15.1. The zero-order valence-corrected chi connectivity index (χ0v) is 23.5. The average molecular weight is 498 g/mol. The van der Waals surface area contributed by atoms with Crippen molar-refractivity contribution in [3.8, 4) is 0 Å². The maximum atomic E-state index is 6.01. The SMILES string of the molecule is C=Cc1ccc(C(CCC)N2C=CC(OCCOC)=C/C2=C/C)nc1C(=C)OCC(C)(C)CN.CC. The van der Waals surface area contributed by atoms with Crippen molar-refractivity contribution in [3.63, 3.8) is 0 Å². The number of nitrogens with two attached hydrogens (primary N) is 1. The van der Waals surface area contributed by atoms with Crippen LogP contribution < -0.4 is 5.73 Å². The summed E-state index contributed by atoms with van der Waals surface area (Å²) in [4.78, 5) is 7.26. The van der Waals surface area contributed by atoms with Crippen LogP contribution in [0.2, 0.25) is 0 Å². The molecule has 0 saturated heterocycles. The van der Waals surface area contributed by atoms with Gasteiger partial charge in [0.05, 0.1) is 24.9 Å². The Hall–Kier alpha value is -2.83. The second-order valence-electron chi connectivity index (χ2n) is 9.09. The van der Waals surface area contributed by atoms with Gasteiger partial charge in [0.25, 0.3) is 0 Å². The van der Waals surface area contributed by atoms with E-state index in [0.29, 0.717) is 37.8 Å². The van der Waals surface area contributed by atoms with E-state index in [1.54, 1.807) is 13.2 Å². The summed E-state index contributed by atoms with van der Waals surface area (Å²) in [5, 5.41) is 0. The molecular formula is C30H47N3O3. The Morgan fingerprint density at radius 2 is 1.97 bits per heavy atom. The number of hydrogen-bond acceptors (Lipinski definition) is 6. The minimum Gasteiger partial charge on any atom is -0.491 e. The van der Waals surface area contributed by atoms with Gasteiger partial charge in [0, 0.05) is 42.6 Å². The molecule has 0 radical (unpaired) electrons. The van der Waals surface area contributed by atoms with Gasteiger partial charge in [-0.25, -0.2) is 4.98 Å². The maximum absolute atomic E-state index is 6.01. The Balaban J connectivity index is 0.00000316. The largest absolute Gasteiger partial charge is 0.491 e. The van der Waals surface area contributed by atoms with Crippen molar-refractivity contribution in [2.24, 2.45) is 11.1 Å². The molecule has 1 aliphatic heterocycles. The lowest BCUT2D eigenvalue weighted by Gasteiger charge is -2.33. The van der Waals surface area contributed by atoms with Gasteiger partial charge in [0.2, 0.25) is 0 Å². The van der Waals surface area contributed by atoms with Crippen LogP contribution in [0, 0.1) is 5.41 Å². The first-order valence-electron chi connectivity index (χ1n) is 12.9. The van der Waals surface area contributed by atoms with E-state index in [2.05, 4.69) is 57.2 Å². The van der Waals surface area contributed by atoms with E-state index in [4.69, 9.17) is 24.9 Å². The van der Waals surface area contributed by atoms with Gasteiger partial charge >= 0.3 is 0 Å². The highest BCUT2D eigenvalue weighted by Crippen LogP contribution is 2.33. The molecule has 2 heterocycles. The minimum atomic E-state index is -0.144. The van der Waals surface area contributed by atoms with Gasteiger partial charge in [-0.05, 0) is 25.5 Å². The lowest BCUT2D eigenvalue weighted by Crippen LogP contribution is -2.28. The fourth-order valence-electron chi connectivity index (χ4n) is 3.53. The molecule has 2 N–H and O–H groups in total. The van der Waals surface area contributed by atoms with Crippen molar-refractivity contribution >= 4 is 11.8 Å². The summed E-state index contributed by atoms with van der Waals surface area (Å²) in [6, 6.07) is 4.15. The van der Waals surface area contributed by atoms with Crippen LogP contribution in [-0.4, -0.2) is 43.4 Å². The van der Waals surface area contributed by atoms with Gasteiger partial charge < -0.3 is 24.8 Å². The van der Waals surface area contributed by atoms with Gasteiger partial charge in [-0.15, -0.1) is 0 Å². The number of allylic oxidation sites excluding steroid dienone is 3. The smallest absolute Gasteiger partial charge is 0.138 e. The lowest BCUT2D eigenvalue weighted by molar-refractivity contribution is 0.113. The number of rotatable bonds is 14. The molecule has 0 aliphatic carbocycles. The minimum absolute atomic E-state index is 0.0510. The average Bonchev–Trinajstić information content (AvgIpc) is 2.91. The molecule has 1 aromatic rings. The van der Waals surface area contributed by atoms with Gasteiger partial charge in [0.1, 0.15) is 23.8 Å². The van der Waals surface area contributed by atoms with Crippen LogP contribution in [0.3, 0.4) is 0 Å². The van der Waals surface area contributed by atoms with Crippen LogP contribution in [0.15, 0.2) is 61.2 Å². The third-order valence-electron chi connectivity index (χ3n) is 5.70. The molecule has 36 heavy (non-hydrogen) atoms. The Morgan fingerprint density at radius 3 is 2.56 bits per heavy atom.